The van der Waals surface area contributed by atoms with E-state index in [2.05, 4.69) is 38.2 Å². The average Bonchev–Trinajstić information content (AvgIpc) is 1.77. The molecule has 2 aliphatic rings. The second-order valence-electron chi connectivity index (χ2n) is 21.8. The smallest absolute Gasteiger partial charge is 0.490 e. The van der Waals surface area contributed by atoms with Crippen LogP contribution in [0.5, 0.6) is 23.0 Å². The lowest BCUT2D eigenvalue weighted by Crippen LogP contribution is -2.54. The molecule has 1 fully saturated rings. The molecule has 0 bridgehead atoms. The van der Waals surface area contributed by atoms with Crippen LogP contribution in [0.4, 0.5) is 49.1 Å². The first kappa shape index (κ1) is 74.1. The number of nitrogens with zero attached hydrogens (tertiary/aromatic N) is 2. The van der Waals surface area contributed by atoms with Crippen LogP contribution in [-0.4, -0.2) is 100 Å². The SMILES string of the molecule is CCOc1cc2ncc(C(N)=O)c(Nc3cccc(CNC(=O)C4(N)CCCCC4)c3CC)c2cc1OCC.CCOc1cc2ncc(C(N)=O)c(Nc3cccc(CNC(=O)C4(N)CCc5ccccc54)c3CC)c2cc1OCC.O=C(O)C(F)(F)F.O=C(O)C(F)(F)F. The number of rotatable bonds is 22. The Balaban J connectivity index is 0.000000251. The lowest BCUT2D eigenvalue weighted by Gasteiger charge is -2.32. The molecule has 95 heavy (non-hydrogen) atoms. The number of nitrogens with one attached hydrogen (secondary N) is 4. The number of carboxylic acids is 2. The number of halogens is 6. The third kappa shape index (κ3) is 18.5. The molecule has 0 spiro atoms. The summed E-state index contributed by atoms with van der Waals surface area (Å²) in [6.45, 7) is 14.2. The van der Waals surface area contributed by atoms with Crippen molar-refractivity contribution in [2.45, 2.75) is 136 Å². The molecule has 2 aromatic heterocycles. The number of ether oxygens (including phenoxy) is 4. The fraction of sp³-hybridized carbons (Fsp3) is 0.373. The number of carbonyl (C=O) groups is 6. The lowest BCUT2D eigenvalue weighted by molar-refractivity contribution is -0.193. The van der Waals surface area contributed by atoms with Gasteiger partial charge in [-0.25, -0.2) is 9.59 Å². The summed E-state index contributed by atoms with van der Waals surface area (Å²) in [5.74, 6) is -4.75. The summed E-state index contributed by atoms with van der Waals surface area (Å²) in [4.78, 5) is 78.0. The number of hydrogen-bond donors (Lipinski definition) is 10. The molecule has 510 valence electrons. The maximum absolute atomic E-state index is 13.4. The Hall–Kier alpha value is -9.96. The van der Waals surface area contributed by atoms with Gasteiger partial charge in [-0.1, -0.05) is 81.6 Å². The number of pyridine rings is 2. The highest BCUT2D eigenvalue weighted by molar-refractivity contribution is 6.09. The Labute approximate surface area is 543 Å². The van der Waals surface area contributed by atoms with E-state index in [0.29, 0.717) is 128 Å². The average molecular weight is 1330 g/mol. The fourth-order valence-corrected chi connectivity index (χ4v) is 11.0. The van der Waals surface area contributed by atoms with E-state index in [1.165, 1.54) is 12.4 Å². The topological polar surface area (TPSA) is 358 Å². The predicted octanol–water partition coefficient (Wildman–Crippen LogP) is 10.8. The summed E-state index contributed by atoms with van der Waals surface area (Å²) in [6, 6.07) is 26.8. The Kier molecular flexibility index (Phi) is 25.5. The van der Waals surface area contributed by atoms with Gasteiger partial charge in [0.25, 0.3) is 11.8 Å². The highest BCUT2D eigenvalue weighted by Gasteiger charge is 2.42. The van der Waals surface area contributed by atoms with Gasteiger partial charge in [0.1, 0.15) is 5.54 Å². The minimum Gasteiger partial charge on any atom is -0.490 e. The molecule has 5 aromatic carbocycles. The van der Waals surface area contributed by atoms with E-state index < -0.39 is 47.2 Å². The van der Waals surface area contributed by atoms with Crippen molar-refractivity contribution in [1.29, 1.82) is 0 Å². The van der Waals surface area contributed by atoms with Crippen LogP contribution in [0.2, 0.25) is 0 Å². The zero-order valence-corrected chi connectivity index (χ0v) is 53.3. The molecule has 1 atom stereocenters. The van der Waals surface area contributed by atoms with Crippen LogP contribution in [0.1, 0.15) is 134 Å². The molecule has 28 heteroatoms. The van der Waals surface area contributed by atoms with E-state index in [4.69, 9.17) is 61.7 Å². The summed E-state index contributed by atoms with van der Waals surface area (Å²) < 4.78 is 86.7. The summed E-state index contributed by atoms with van der Waals surface area (Å²) in [5, 5.41) is 28.7. The summed E-state index contributed by atoms with van der Waals surface area (Å²) >= 11 is 0. The summed E-state index contributed by atoms with van der Waals surface area (Å²) in [6.07, 6.45) is -0.00115. The monoisotopic (exact) mass is 1330 g/mol. The number of hydrogen-bond acceptors (Lipinski definition) is 16. The Morgan fingerprint density at radius 2 is 0.926 bits per heavy atom. The normalized spacial score (nSPS) is 14.6. The number of amides is 4. The molecule has 14 N–H and O–H groups in total. The van der Waals surface area contributed by atoms with Crippen molar-refractivity contribution in [1.82, 2.24) is 20.6 Å². The minimum atomic E-state index is -5.08. The maximum Gasteiger partial charge on any atom is 0.490 e. The second-order valence-corrected chi connectivity index (χ2v) is 21.8. The molecular formula is C67H78F6N10O12. The van der Waals surface area contributed by atoms with E-state index in [0.717, 1.165) is 70.4 Å². The number of carboxylic acid groups (broad SMARTS) is 2. The third-order valence-corrected chi connectivity index (χ3v) is 15.6. The van der Waals surface area contributed by atoms with Gasteiger partial charge in [-0.05, 0) is 124 Å². The van der Waals surface area contributed by atoms with Crippen LogP contribution >= 0.6 is 0 Å². The van der Waals surface area contributed by atoms with Crippen molar-refractivity contribution in [2.24, 2.45) is 22.9 Å². The zero-order chi connectivity index (χ0) is 70.0. The largest absolute Gasteiger partial charge is 0.490 e. The molecule has 0 saturated heterocycles. The van der Waals surface area contributed by atoms with Gasteiger partial charge < -0.3 is 73.4 Å². The van der Waals surface area contributed by atoms with Gasteiger partial charge in [-0.3, -0.25) is 29.1 Å². The van der Waals surface area contributed by atoms with Gasteiger partial charge in [-0.2, -0.15) is 26.3 Å². The van der Waals surface area contributed by atoms with Crippen molar-refractivity contribution >= 4 is 80.1 Å². The Bertz CT molecular complexity index is 3900. The minimum absolute atomic E-state index is 0.104. The van der Waals surface area contributed by atoms with Gasteiger partial charge in [0.15, 0.2) is 23.0 Å². The maximum atomic E-state index is 13.4. The molecule has 0 radical (unpaired) electrons. The van der Waals surface area contributed by atoms with E-state index in [9.17, 15) is 45.5 Å². The van der Waals surface area contributed by atoms with E-state index in [-0.39, 0.29) is 22.9 Å². The first-order chi connectivity index (χ1) is 45.0. The zero-order valence-electron chi connectivity index (χ0n) is 53.3. The van der Waals surface area contributed by atoms with Crippen LogP contribution in [-0.2, 0) is 57.1 Å². The number of aromatic nitrogens is 2. The number of carbonyl (C=O) groups excluding carboxylic acids is 4. The number of nitrogens with two attached hydrogens (primary N) is 4. The lowest BCUT2D eigenvalue weighted by atomic mass is 9.82. The first-order valence-electron chi connectivity index (χ1n) is 30.6. The molecule has 7 aromatic rings. The highest BCUT2D eigenvalue weighted by Crippen LogP contribution is 2.41. The standard InChI is InChI=1S/C33H37N5O4.C30H39N5O4.2C2HF3O2/c1-4-22-21(18-37-32(40)33(35)15-14-20-10-7-8-12-25(20)33)11-9-13-26(22)38-30-23-16-28(41-5-2)29(42-6-3)17-27(23)36-19-24(30)31(34)39;1-4-20-19(17-34-29(37)30(32)13-8-7-9-14-30)11-10-12-23(20)35-27-21-15-25(38-5-2)26(39-6-3)16-24(21)33-18-22(27)28(31)36;2*3-2(4,5)1(6)7/h7-13,16-17,19H,4-6,14-15,18,35H2,1-3H3,(H2,34,39)(H,36,38)(H,37,40);10-12,15-16,18H,4-9,13-14,17,32H2,1-3H3,(H2,31,36)(H,33,35)(H,34,37);2*(H,6,7). The predicted molar refractivity (Wildman–Crippen MR) is 345 cm³/mol. The molecule has 2 heterocycles. The first-order valence-corrected chi connectivity index (χ1v) is 30.6. The second kappa shape index (κ2) is 32.7. The van der Waals surface area contributed by atoms with Gasteiger partial charge in [0, 0.05) is 59.8 Å². The quantitative estimate of drug-likeness (QED) is 0.0282. The number of anilines is 4. The van der Waals surface area contributed by atoms with E-state index in [1.54, 1.807) is 12.1 Å². The number of benzene rings is 5. The Morgan fingerprint density at radius 3 is 1.31 bits per heavy atom. The number of alkyl halides is 6. The number of primary amides is 2. The molecule has 4 amide bonds. The van der Waals surface area contributed by atoms with Gasteiger partial charge >= 0.3 is 24.3 Å². The van der Waals surface area contributed by atoms with Gasteiger partial charge in [-0.15, -0.1) is 0 Å². The van der Waals surface area contributed by atoms with Crippen molar-refractivity contribution in [2.75, 3.05) is 37.1 Å². The van der Waals surface area contributed by atoms with Gasteiger partial charge in [0.2, 0.25) is 11.8 Å². The van der Waals surface area contributed by atoms with Crippen molar-refractivity contribution in [3.8, 4) is 23.0 Å². The summed E-state index contributed by atoms with van der Waals surface area (Å²) in [7, 11) is 0. The van der Waals surface area contributed by atoms with E-state index in [1.807, 2.05) is 107 Å². The number of aliphatic carboxylic acids is 2. The molecular weight excluding hydrogens is 1250 g/mol. The summed E-state index contributed by atoms with van der Waals surface area (Å²) in [5.41, 5.74) is 33.2. The van der Waals surface area contributed by atoms with Crippen LogP contribution in [0.15, 0.2) is 97.3 Å². The molecule has 1 unspecified atom stereocenters. The number of aryl methyl sites for hydroxylation is 1. The van der Waals surface area contributed by atoms with E-state index >= 15 is 0 Å². The van der Waals surface area contributed by atoms with Crippen LogP contribution in [0, 0.1) is 0 Å². The molecule has 2 aliphatic carbocycles. The molecule has 0 aliphatic heterocycles. The Morgan fingerprint density at radius 1 is 0.537 bits per heavy atom. The van der Waals surface area contributed by atoms with Crippen molar-refractivity contribution < 1.29 is 84.3 Å². The van der Waals surface area contributed by atoms with Crippen LogP contribution in [0.3, 0.4) is 0 Å². The highest BCUT2D eigenvalue weighted by atomic mass is 19.4. The number of fused-ring (bicyclic) bond motifs is 3. The third-order valence-electron chi connectivity index (χ3n) is 15.6. The van der Waals surface area contributed by atoms with Crippen molar-refractivity contribution in [3.05, 3.63) is 142 Å². The molecule has 1 saturated carbocycles. The van der Waals surface area contributed by atoms with Crippen LogP contribution in [0.25, 0.3) is 21.8 Å². The van der Waals surface area contributed by atoms with Crippen LogP contribution < -0.4 is 63.1 Å². The molecule has 9 rings (SSSR count). The fourth-order valence-electron chi connectivity index (χ4n) is 11.0. The molecule has 22 nitrogen and oxygen atoms in total. The van der Waals surface area contributed by atoms with Crippen molar-refractivity contribution in [3.63, 3.8) is 0 Å². The van der Waals surface area contributed by atoms with Gasteiger partial charge in [0.05, 0.1) is 65.5 Å².